The number of carbonyl (C=O) groups excluding carboxylic acids is 2. The number of rotatable bonds is 12. The van der Waals surface area contributed by atoms with E-state index in [0.717, 1.165) is 49.2 Å². The Hall–Kier alpha value is -4.17. The first-order chi connectivity index (χ1) is 19.4. The summed E-state index contributed by atoms with van der Waals surface area (Å²) in [7, 11) is 1.82. The Bertz CT molecular complexity index is 1260. The zero-order valence-corrected chi connectivity index (χ0v) is 23.7. The normalized spacial score (nSPS) is 15.2. The summed E-state index contributed by atoms with van der Waals surface area (Å²) in [6.45, 7) is 11.1. The number of amidine groups is 1. The monoisotopic (exact) mass is 544 g/mol. The van der Waals surface area contributed by atoms with Gasteiger partial charge in [0.05, 0.1) is 12.5 Å². The summed E-state index contributed by atoms with van der Waals surface area (Å²) in [6, 6.07) is 16.8. The van der Waals surface area contributed by atoms with Crippen LogP contribution in [-0.4, -0.2) is 60.0 Å². The highest BCUT2D eigenvalue weighted by Crippen LogP contribution is 2.25. The number of ether oxygens (including phenoxy) is 1. The van der Waals surface area contributed by atoms with Crippen LogP contribution in [-0.2, 0) is 27.4 Å². The smallest absolute Gasteiger partial charge is 0.309 e. The minimum atomic E-state index is -0.0698. The van der Waals surface area contributed by atoms with Gasteiger partial charge in [-0.05, 0) is 80.2 Å². The zero-order chi connectivity index (χ0) is 28.9. The second-order valence-corrected chi connectivity index (χ2v) is 9.83. The van der Waals surface area contributed by atoms with E-state index in [4.69, 9.17) is 4.74 Å². The summed E-state index contributed by atoms with van der Waals surface area (Å²) in [4.78, 5) is 27.2. The van der Waals surface area contributed by atoms with Crippen molar-refractivity contribution in [1.82, 2.24) is 15.1 Å². The largest absolute Gasteiger partial charge is 0.466 e. The summed E-state index contributed by atoms with van der Waals surface area (Å²) >= 11 is 0. The van der Waals surface area contributed by atoms with Crippen LogP contribution in [0.1, 0.15) is 37.8 Å². The molecule has 8 heteroatoms. The van der Waals surface area contributed by atoms with Gasteiger partial charge < -0.3 is 20.2 Å². The summed E-state index contributed by atoms with van der Waals surface area (Å²) in [6.07, 6.45) is 7.58. The van der Waals surface area contributed by atoms with E-state index in [1.54, 1.807) is 12.2 Å². The molecule has 1 heterocycles. The van der Waals surface area contributed by atoms with Gasteiger partial charge in [0.25, 0.3) is 0 Å². The molecule has 0 atom stereocenters. The number of likely N-dealkylation sites (tertiary alicyclic amines) is 1. The molecule has 2 N–H and O–H groups in total. The van der Waals surface area contributed by atoms with Gasteiger partial charge in [-0.1, -0.05) is 60.3 Å². The minimum Gasteiger partial charge on any atom is -0.466 e. The summed E-state index contributed by atoms with van der Waals surface area (Å²) < 4.78 is 5.20. The number of benzene rings is 2. The molecule has 3 rings (SSSR count). The molecule has 0 saturated carbocycles. The van der Waals surface area contributed by atoms with Crippen LogP contribution in [0.2, 0.25) is 0 Å². The maximum atomic E-state index is 12.1. The molecule has 1 aliphatic rings. The first kappa shape index (κ1) is 30.4. The third kappa shape index (κ3) is 8.41. The molecule has 0 unspecified atom stereocenters. The maximum absolute atomic E-state index is 12.1. The molecule has 40 heavy (non-hydrogen) atoms. The lowest BCUT2D eigenvalue weighted by Crippen LogP contribution is -2.36. The van der Waals surface area contributed by atoms with Crippen molar-refractivity contribution in [2.24, 2.45) is 11.1 Å². The van der Waals surface area contributed by atoms with E-state index in [2.05, 4.69) is 58.3 Å². The molecule has 0 radical (unpaired) electrons. The summed E-state index contributed by atoms with van der Waals surface area (Å²) in [5.74, 6) is 0.227. The Balaban J connectivity index is 1.70. The van der Waals surface area contributed by atoms with Crippen LogP contribution < -0.4 is 5.32 Å². The first-order valence-electron chi connectivity index (χ1n) is 13.6. The Morgan fingerprint density at radius 2 is 1.82 bits per heavy atom. The SMILES string of the molecule is C=C(NC=O)C(=C\C=C/C)/C(=N\O)N(C)Cc1cccc(-c2cccc(CN3CCC(C(=O)OCC)CC3)c2)c1. The minimum absolute atomic E-state index is 0.00818. The van der Waals surface area contributed by atoms with Crippen LogP contribution in [0.5, 0.6) is 0 Å². The van der Waals surface area contributed by atoms with Crippen molar-refractivity contribution in [3.63, 3.8) is 0 Å². The van der Waals surface area contributed by atoms with Crippen molar-refractivity contribution in [1.29, 1.82) is 0 Å². The number of nitrogens with zero attached hydrogens (tertiary/aromatic N) is 3. The van der Waals surface area contributed by atoms with E-state index in [-0.39, 0.29) is 17.7 Å². The number of nitrogens with one attached hydrogen (secondary N) is 1. The molecular weight excluding hydrogens is 504 g/mol. The Morgan fingerprint density at radius 3 is 2.42 bits per heavy atom. The maximum Gasteiger partial charge on any atom is 0.309 e. The standard InChI is InChI=1S/C32H40N4O4/c1-5-7-14-30(24(3)33-23-37)31(34-39)35(4)21-25-10-8-12-28(19-25)29-13-9-11-26(20-29)22-36-17-15-27(16-18-36)32(38)40-6-2/h5,7-14,19-20,23,27,39H,3,6,15-18,21-22H2,1-2,4H3,(H,33,37)/b7-5-,30-14+,34-31+. The molecule has 0 aliphatic carbocycles. The van der Waals surface area contributed by atoms with E-state index in [1.807, 2.05) is 44.0 Å². The predicted octanol–water partition coefficient (Wildman–Crippen LogP) is 5.11. The molecule has 8 nitrogen and oxygen atoms in total. The summed E-state index contributed by atoms with van der Waals surface area (Å²) in [5.41, 5.74) is 5.31. The van der Waals surface area contributed by atoms with Crippen LogP contribution in [0.15, 0.2) is 89.8 Å². The fourth-order valence-electron chi connectivity index (χ4n) is 4.88. The highest BCUT2D eigenvalue weighted by Gasteiger charge is 2.26. The van der Waals surface area contributed by atoms with Gasteiger partial charge in [-0.3, -0.25) is 14.5 Å². The molecule has 1 aliphatic heterocycles. The second-order valence-electron chi connectivity index (χ2n) is 9.83. The van der Waals surface area contributed by atoms with Crippen molar-refractivity contribution in [3.8, 4) is 11.1 Å². The van der Waals surface area contributed by atoms with E-state index in [1.165, 1.54) is 5.56 Å². The first-order valence-corrected chi connectivity index (χ1v) is 13.6. The lowest BCUT2D eigenvalue weighted by atomic mass is 9.96. The van der Waals surface area contributed by atoms with E-state index < -0.39 is 0 Å². The molecule has 0 bridgehead atoms. The molecule has 2 aromatic carbocycles. The van der Waals surface area contributed by atoms with Crippen molar-refractivity contribution >= 4 is 18.2 Å². The topological polar surface area (TPSA) is 94.5 Å². The Kier molecular flexibility index (Phi) is 11.7. The third-order valence-corrected chi connectivity index (χ3v) is 6.93. The molecule has 1 amide bonds. The number of amides is 1. The zero-order valence-electron chi connectivity index (χ0n) is 23.7. The van der Waals surface area contributed by atoms with Crippen LogP contribution in [0.4, 0.5) is 0 Å². The number of oxime groups is 1. The van der Waals surface area contributed by atoms with Gasteiger partial charge in [-0.25, -0.2) is 0 Å². The van der Waals surface area contributed by atoms with Gasteiger partial charge in [0.1, 0.15) is 0 Å². The van der Waals surface area contributed by atoms with Crippen molar-refractivity contribution in [3.05, 3.63) is 95.7 Å². The number of carbonyl (C=O) groups is 2. The lowest BCUT2D eigenvalue weighted by Gasteiger charge is -2.30. The van der Waals surface area contributed by atoms with Crippen LogP contribution in [0, 0.1) is 5.92 Å². The van der Waals surface area contributed by atoms with Crippen molar-refractivity contribution in [2.75, 3.05) is 26.7 Å². The van der Waals surface area contributed by atoms with Gasteiger partial charge in [0.2, 0.25) is 6.41 Å². The second kappa shape index (κ2) is 15.4. The number of piperidine rings is 1. The average Bonchev–Trinajstić information content (AvgIpc) is 2.96. The lowest BCUT2D eigenvalue weighted by molar-refractivity contribution is -0.149. The molecule has 1 fully saturated rings. The van der Waals surface area contributed by atoms with Gasteiger partial charge in [0, 0.05) is 31.4 Å². The number of likely N-dealkylation sites (N-methyl/N-ethyl adjacent to an activating group) is 1. The Labute approximate surface area is 237 Å². The molecule has 0 spiro atoms. The highest BCUT2D eigenvalue weighted by molar-refractivity contribution is 6.02. The Morgan fingerprint density at radius 1 is 1.18 bits per heavy atom. The molecule has 0 aromatic heterocycles. The molecular formula is C32H40N4O4. The number of allylic oxidation sites excluding steroid dienone is 3. The van der Waals surface area contributed by atoms with Crippen molar-refractivity contribution in [2.45, 2.75) is 39.8 Å². The molecule has 212 valence electrons. The number of hydrogen-bond donors (Lipinski definition) is 2. The highest BCUT2D eigenvalue weighted by atomic mass is 16.5. The van der Waals surface area contributed by atoms with E-state index >= 15 is 0 Å². The fraction of sp³-hybridized carbons (Fsp3) is 0.344. The number of esters is 1. The third-order valence-electron chi connectivity index (χ3n) is 6.93. The van der Waals surface area contributed by atoms with Gasteiger partial charge in [-0.2, -0.15) is 0 Å². The quantitative estimate of drug-likeness (QED) is 0.0734. The summed E-state index contributed by atoms with van der Waals surface area (Å²) in [5, 5.41) is 15.9. The van der Waals surface area contributed by atoms with Crippen LogP contribution in [0.25, 0.3) is 11.1 Å². The van der Waals surface area contributed by atoms with Gasteiger partial charge in [-0.15, -0.1) is 0 Å². The molecule has 2 aromatic rings. The van der Waals surface area contributed by atoms with E-state index in [9.17, 15) is 14.8 Å². The van der Waals surface area contributed by atoms with E-state index in [0.29, 0.717) is 30.8 Å². The van der Waals surface area contributed by atoms with Crippen molar-refractivity contribution < 1.29 is 19.5 Å². The van der Waals surface area contributed by atoms with Crippen LogP contribution in [0.3, 0.4) is 0 Å². The van der Waals surface area contributed by atoms with Crippen LogP contribution >= 0.6 is 0 Å². The number of hydrogen-bond acceptors (Lipinski definition) is 6. The predicted molar refractivity (Wildman–Crippen MR) is 158 cm³/mol. The molecule has 1 saturated heterocycles. The van der Waals surface area contributed by atoms with Gasteiger partial charge in [0.15, 0.2) is 5.84 Å². The van der Waals surface area contributed by atoms with Gasteiger partial charge >= 0.3 is 5.97 Å². The fourth-order valence-corrected chi connectivity index (χ4v) is 4.88. The average molecular weight is 545 g/mol.